The fraction of sp³-hybridized carbons (Fsp3) is 0. The van der Waals surface area contributed by atoms with Crippen molar-refractivity contribution in [2.24, 2.45) is 0 Å². The van der Waals surface area contributed by atoms with Crippen molar-refractivity contribution < 1.29 is 9.52 Å². The van der Waals surface area contributed by atoms with Gasteiger partial charge in [0.25, 0.3) is 0 Å². The second kappa shape index (κ2) is 6.90. The van der Waals surface area contributed by atoms with Crippen LogP contribution in [-0.2, 0) is 0 Å². The fourth-order valence-electron chi connectivity index (χ4n) is 2.65. The largest absolute Gasteiger partial charge is 0.508 e. The molecule has 0 aliphatic rings. The van der Waals surface area contributed by atoms with Crippen LogP contribution in [0.4, 0.5) is 0 Å². The molecule has 2 heterocycles. The van der Waals surface area contributed by atoms with E-state index in [2.05, 4.69) is 11.1 Å². The van der Waals surface area contributed by atoms with Crippen LogP contribution in [0.5, 0.6) is 5.75 Å². The Morgan fingerprint density at radius 2 is 1.96 bits per heavy atom. The summed E-state index contributed by atoms with van der Waals surface area (Å²) in [5, 5.41) is 22.4. The van der Waals surface area contributed by atoms with E-state index in [4.69, 9.17) is 4.42 Å². The monoisotopic (exact) mass is 372 g/mol. The maximum absolute atomic E-state index is 12.2. The van der Waals surface area contributed by atoms with E-state index in [9.17, 15) is 15.2 Å². The molecule has 4 rings (SSSR count). The maximum atomic E-state index is 12.2. The highest BCUT2D eigenvalue weighted by molar-refractivity contribution is 7.11. The summed E-state index contributed by atoms with van der Waals surface area (Å²) in [5.41, 5.74) is 1.25. The molecular formula is C21H12N2O3S. The van der Waals surface area contributed by atoms with E-state index in [1.165, 1.54) is 11.3 Å². The summed E-state index contributed by atoms with van der Waals surface area (Å²) < 4.78 is 5.39. The Morgan fingerprint density at radius 3 is 2.74 bits per heavy atom. The van der Waals surface area contributed by atoms with Gasteiger partial charge >= 0.3 is 5.63 Å². The quantitative estimate of drug-likeness (QED) is 0.527. The van der Waals surface area contributed by atoms with Crippen LogP contribution in [0.2, 0.25) is 0 Å². The minimum Gasteiger partial charge on any atom is -0.508 e. The number of hydrogen-bond donors (Lipinski definition) is 1. The number of fused-ring (bicyclic) bond motifs is 1. The van der Waals surface area contributed by atoms with Gasteiger partial charge < -0.3 is 9.52 Å². The molecule has 6 heteroatoms. The number of allylic oxidation sites excluding steroid dienone is 1. The molecule has 0 bridgehead atoms. The standard InChI is InChI=1S/C21H12N2O3S/c22-11-15(9-13-5-7-16(24)8-6-13)20-23-18(12-27-20)19-10-14-3-1-2-4-17(14)21(25)26-19/h1-10,12,24H. The van der Waals surface area contributed by atoms with Crippen molar-refractivity contribution in [3.63, 3.8) is 0 Å². The van der Waals surface area contributed by atoms with E-state index in [1.54, 1.807) is 53.9 Å². The smallest absolute Gasteiger partial charge is 0.344 e. The molecule has 4 aromatic rings. The third-order valence-electron chi connectivity index (χ3n) is 3.98. The summed E-state index contributed by atoms with van der Waals surface area (Å²) in [4.78, 5) is 16.6. The van der Waals surface area contributed by atoms with Crippen LogP contribution in [0.1, 0.15) is 10.6 Å². The van der Waals surface area contributed by atoms with Gasteiger partial charge in [0.1, 0.15) is 22.5 Å². The van der Waals surface area contributed by atoms with Gasteiger partial charge in [0, 0.05) is 5.38 Å². The van der Waals surface area contributed by atoms with Crippen molar-refractivity contribution in [1.82, 2.24) is 4.98 Å². The second-order valence-corrected chi connectivity index (χ2v) is 6.64. The first-order valence-corrected chi connectivity index (χ1v) is 8.92. The van der Waals surface area contributed by atoms with Crippen molar-refractivity contribution in [1.29, 1.82) is 5.26 Å². The van der Waals surface area contributed by atoms with Gasteiger partial charge in [0.2, 0.25) is 0 Å². The lowest BCUT2D eigenvalue weighted by atomic mass is 10.1. The molecule has 130 valence electrons. The first-order valence-electron chi connectivity index (χ1n) is 8.04. The highest BCUT2D eigenvalue weighted by Crippen LogP contribution is 2.28. The Labute approximate surface area is 158 Å². The van der Waals surface area contributed by atoms with E-state index < -0.39 is 5.63 Å². The van der Waals surface area contributed by atoms with Gasteiger partial charge in [-0.25, -0.2) is 9.78 Å². The topological polar surface area (TPSA) is 87.1 Å². The molecule has 0 fully saturated rings. The number of aromatic hydroxyl groups is 1. The van der Waals surface area contributed by atoms with Crippen molar-refractivity contribution in [2.45, 2.75) is 0 Å². The second-order valence-electron chi connectivity index (χ2n) is 5.78. The third kappa shape index (κ3) is 3.36. The predicted molar refractivity (Wildman–Crippen MR) is 105 cm³/mol. The van der Waals surface area contributed by atoms with Crippen LogP contribution < -0.4 is 5.63 Å². The Hall–Kier alpha value is -3.69. The zero-order valence-corrected chi connectivity index (χ0v) is 14.7. The van der Waals surface area contributed by atoms with Gasteiger partial charge in [-0.15, -0.1) is 11.3 Å². The van der Waals surface area contributed by atoms with Gasteiger partial charge in [-0.2, -0.15) is 5.26 Å². The molecule has 0 amide bonds. The molecule has 0 unspecified atom stereocenters. The first-order chi connectivity index (χ1) is 13.1. The molecule has 0 aliphatic heterocycles. The summed E-state index contributed by atoms with van der Waals surface area (Å²) in [7, 11) is 0. The van der Waals surface area contributed by atoms with E-state index in [0.29, 0.717) is 27.4 Å². The number of hydrogen-bond acceptors (Lipinski definition) is 6. The highest BCUT2D eigenvalue weighted by Gasteiger charge is 2.12. The average molecular weight is 372 g/mol. The number of thiazole rings is 1. The van der Waals surface area contributed by atoms with Crippen molar-refractivity contribution >= 4 is 33.8 Å². The first kappa shape index (κ1) is 16.8. The zero-order valence-electron chi connectivity index (χ0n) is 13.9. The number of benzene rings is 2. The summed E-state index contributed by atoms with van der Waals surface area (Å²) in [6.45, 7) is 0. The number of rotatable bonds is 3. The Bertz CT molecular complexity index is 1260. The molecular weight excluding hydrogens is 360 g/mol. The average Bonchev–Trinajstić information content (AvgIpc) is 3.17. The Balaban J connectivity index is 1.73. The van der Waals surface area contributed by atoms with Crippen LogP contribution >= 0.6 is 11.3 Å². The van der Waals surface area contributed by atoms with E-state index in [1.807, 2.05) is 12.1 Å². The summed E-state index contributed by atoms with van der Waals surface area (Å²) in [6.07, 6.45) is 1.69. The van der Waals surface area contributed by atoms with Crippen molar-refractivity contribution in [3.05, 3.63) is 81.0 Å². The molecule has 2 aromatic carbocycles. The van der Waals surface area contributed by atoms with Crippen LogP contribution in [0.3, 0.4) is 0 Å². The molecule has 27 heavy (non-hydrogen) atoms. The fourth-order valence-corrected chi connectivity index (χ4v) is 3.42. The van der Waals surface area contributed by atoms with Crippen LogP contribution in [0.15, 0.2) is 69.2 Å². The molecule has 1 N–H and O–H groups in total. The van der Waals surface area contributed by atoms with E-state index >= 15 is 0 Å². The van der Waals surface area contributed by atoms with E-state index in [-0.39, 0.29) is 5.75 Å². The minimum absolute atomic E-state index is 0.161. The zero-order chi connectivity index (χ0) is 18.8. The highest BCUT2D eigenvalue weighted by atomic mass is 32.1. The molecule has 0 spiro atoms. The number of phenolic OH excluding ortho intramolecular Hbond substituents is 1. The van der Waals surface area contributed by atoms with Gasteiger partial charge in [0.15, 0.2) is 5.76 Å². The van der Waals surface area contributed by atoms with Gasteiger partial charge in [-0.05, 0) is 41.3 Å². The summed E-state index contributed by atoms with van der Waals surface area (Å²) in [6, 6.07) is 17.6. The molecule has 5 nitrogen and oxygen atoms in total. The minimum atomic E-state index is -0.419. The van der Waals surface area contributed by atoms with Crippen molar-refractivity contribution in [2.75, 3.05) is 0 Å². The van der Waals surface area contributed by atoms with Crippen molar-refractivity contribution in [3.8, 4) is 23.3 Å². The van der Waals surface area contributed by atoms with Crippen LogP contribution in [-0.4, -0.2) is 10.1 Å². The number of aromatic nitrogens is 1. The normalized spacial score (nSPS) is 11.4. The van der Waals surface area contributed by atoms with Gasteiger partial charge in [-0.3, -0.25) is 0 Å². The maximum Gasteiger partial charge on any atom is 0.344 e. The Morgan fingerprint density at radius 1 is 1.19 bits per heavy atom. The predicted octanol–water partition coefficient (Wildman–Crippen LogP) is 4.69. The summed E-state index contributed by atoms with van der Waals surface area (Å²) >= 11 is 1.30. The molecule has 0 saturated heterocycles. The molecule has 0 aliphatic carbocycles. The Kier molecular flexibility index (Phi) is 4.29. The SMILES string of the molecule is N#CC(=Cc1ccc(O)cc1)c1nc(-c2cc3ccccc3c(=O)o2)cs1. The molecule has 0 radical (unpaired) electrons. The summed E-state index contributed by atoms with van der Waals surface area (Å²) in [5.74, 6) is 0.525. The van der Waals surface area contributed by atoms with Gasteiger partial charge in [0.05, 0.1) is 11.0 Å². The number of phenols is 1. The molecule has 0 saturated carbocycles. The lowest BCUT2D eigenvalue weighted by Gasteiger charge is -1.99. The lowest BCUT2D eigenvalue weighted by Crippen LogP contribution is -2.00. The van der Waals surface area contributed by atoms with E-state index in [0.717, 1.165) is 10.9 Å². The molecule has 2 aromatic heterocycles. The van der Waals surface area contributed by atoms with Crippen LogP contribution in [0.25, 0.3) is 33.9 Å². The number of nitrogens with zero attached hydrogens (tertiary/aromatic N) is 2. The molecule has 0 atom stereocenters. The van der Waals surface area contributed by atoms with Crippen LogP contribution in [0, 0.1) is 11.3 Å². The number of nitriles is 1. The lowest BCUT2D eigenvalue weighted by molar-refractivity contribution is 0.475. The van der Waals surface area contributed by atoms with Gasteiger partial charge in [-0.1, -0.05) is 30.3 Å². The third-order valence-corrected chi connectivity index (χ3v) is 4.86.